The first-order chi connectivity index (χ1) is 10.8. The number of hydrogen-bond donors (Lipinski definition) is 3. The summed E-state index contributed by atoms with van der Waals surface area (Å²) in [5.74, 6) is 0.187. The lowest BCUT2D eigenvalue weighted by atomic mass is 10.0. The Bertz CT molecular complexity index is 554. The van der Waals surface area contributed by atoms with Crippen molar-refractivity contribution in [2.24, 2.45) is 5.92 Å². The summed E-state index contributed by atoms with van der Waals surface area (Å²) in [6.07, 6.45) is 0.734. The van der Waals surface area contributed by atoms with Crippen LogP contribution in [0.4, 0.5) is 0 Å². The van der Waals surface area contributed by atoms with Gasteiger partial charge in [-0.3, -0.25) is 19.1 Å². The van der Waals surface area contributed by atoms with E-state index in [-0.39, 0.29) is 11.9 Å². The number of carbonyl (C=O) groups excluding carboxylic acids is 1. The number of hydroxylamine groups is 3. The minimum absolute atomic E-state index is 0.169. The van der Waals surface area contributed by atoms with E-state index in [1.807, 2.05) is 4.90 Å². The number of piperidine rings is 1. The molecule has 11 heteroatoms. The summed E-state index contributed by atoms with van der Waals surface area (Å²) in [5, 5.41) is 4.36. The molecule has 2 bridgehead atoms. The van der Waals surface area contributed by atoms with Crippen LogP contribution in [-0.4, -0.2) is 73.3 Å². The molecule has 1 amide bonds. The second-order valence-corrected chi connectivity index (χ2v) is 7.24. The molecule has 3 rings (SSSR count). The molecule has 3 N–H and O–H groups in total. The minimum Gasteiger partial charge on any atom is -0.316 e. The normalized spacial score (nSPS) is 35.0. The highest BCUT2D eigenvalue weighted by atomic mass is 32.3. The van der Waals surface area contributed by atoms with E-state index in [4.69, 9.17) is 9.39 Å². The largest absolute Gasteiger partial charge is 0.413 e. The van der Waals surface area contributed by atoms with E-state index in [9.17, 15) is 13.2 Å². The maximum absolute atomic E-state index is 12.3. The summed E-state index contributed by atoms with van der Waals surface area (Å²) < 4.78 is 35.4. The highest BCUT2D eigenvalue weighted by Gasteiger charge is 2.48. The van der Waals surface area contributed by atoms with E-state index >= 15 is 0 Å². The molecule has 4 atom stereocenters. The van der Waals surface area contributed by atoms with Crippen LogP contribution in [0.15, 0.2) is 0 Å². The van der Waals surface area contributed by atoms with E-state index in [0.717, 1.165) is 13.1 Å². The Morgan fingerprint density at radius 1 is 1.39 bits per heavy atom. The minimum atomic E-state index is -4.57. The van der Waals surface area contributed by atoms with Crippen LogP contribution >= 0.6 is 0 Å². The van der Waals surface area contributed by atoms with Crippen LogP contribution in [0.5, 0.6) is 0 Å². The Balaban J connectivity index is 1.54. The van der Waals surface area contributed by atoms with Crippen molar-refractivity contribution in [2.75, 3.05) is 26.2 Å². The molecule has 0 aromatic carbocycles. The summed E-state index contributed by atoms with van der Waals surface area (Å²) in [5.41, 5.74) is 2.48. The van der Waals surface area contributed by atoms with E-state index < -0.39 is 22.6 Å². The lowest BCUT2D eigenvalue weighted by molar-refractivity contribution is -0.144. The molecule has 3 aliphatic heterocycles. The molecule has 3 aliphatic rings. The van der Waals surface area contributed by atoms with Crippen molar-refractivity contribution in [1.29, 1.82) is 0 Å². The van der Waals surface area contributed by atoms with Gasteiger partial charge in [-0.1, -0.05) is 0 Å². The molecule has 132 valence electrons. The second-order valence-electron chi connectivity index (χ2n) is 6.24. The number of nitrogens with zero attached hydrogens (tertiary/aromatic N) is 2. The van der Waals surface area contributed by atoms with Crippen LogP contribution in [0, 0.1) is 5.92 Å². The molecule has 0 aromatic heterocycles. The van der Waals surface area contributed by atoms with Crippen molar-refractivity contribution in [1.82, 2.24) is 20.8 Å². The number of fused-ring (bicyclic) bond motifs is 2. The van der Waals surface area contributed by atoms with Gasteiger partial charge in [-0.25, -0.2) is 5.48 Å². The summed E-state index contributed by atoms with van der Waals surface area (Å²) >= 11 is 0. The zero-order valence-electron chi connectivity index (χ0n) is 12.8. The van der Waals surface area contributed by atoms with Gasteiger partial charge >= 0.3 is 10.4 Å². The molecular weight excluding hydrogens is 328 g/mol. The quantitative estimate of drug-likeness (QED) is 0.387. The maximum atomic E-state index is 12.3. The SMILES string of the molecule is CC1N2C[C@H](CC[C@H]2C(=O)NOCC2CNC2)N1OS(=O)(=O)O. The third kappa shape index (κ3) is 3.82. The van der Waals surface area contributed by atoms with Crippen LogP contribution in [0.2, 0.25) is 0 Å². The Morgan fingerprint density at radius 2 is 2.13 bits per heavy atom. The fourth-order valence-electron chi connectivity index (χ4n) is 3.33. The highest BCUT2D eigenvalue weighted by Crippen LogP contribution is 2.33. The Morgan fingerprint density at radius 3 is 2.74 bits per heavy atom. The van der Waals surface area contributed by atoms with Crippen LogP contribution in [0.25, 0.3) is 0 Å². The smallest absolute Gasteiger partial charge is 0.316 e. The van der Waals surface area contributed by atoms with Gasteiger partial charge < -0.3 is 5.32 Å². The molecule has 3 heterocycles. The van der Waals surface area contributed by atoms with Gasteiger partial charge in [0.1, 0.15) is 0 Å². The fourth-order valence-corrected chi connectivity index (χ4v) is 3.79. The van der Waals surface area contributed by atoms with E-state index in [2.05, 4.69) is 15.1 Å². The first-order valence-electron chi connectivity index (χ1n) is 7.68. The number of nitrogens with one attached hydrogen (secondary N) is 2. The zero-order chi connectivity index (χ0) is 16.6. The van der Waals surface area contributed by atoms with Crippen molar-refractivity contribution in [3.05, 3.63) is 0 Å². The molecule has 10 nitrogen and oxygen atoms in total. The van der Waals surface area contributed by atoms with Crippen LogP contribution in [-0.2, 0) is 24.3 Å². The number of rotatable bonds is 6. The van der Waals surface area contributed by atoms with Gasteiger partial charge in [0.25, 0.3) is 5.91 Å². The molecule has 3 fully saturated rings. The number of amides is 1. The highest BCUT2D eigenvalue weighted by molar-refractivity contribution is 7.80. The van der Waals surface area contributed by atoms with Gasteiger partial charge in [0.15, 0.2) is 0 Å². The van der Waals surface area contributed by atoms with Crippen molar-refractivity contribution in [2.45, 2.75) is 38.0 Å². The first kappa shape index (κ1) is 17.0. The Labute approximate surface area is 134 Å². The second kappa shape index (κ2) is 6.59. The molecule has 0 aliphatic carbocycles. The number of hydrogen-bond acceptors (Lipinski definition) is 8. The molecule has 0 saturated carbocycles. The van der Waals surface area contributed by atoms with Gasteiger partial charge in [0.05, 0.1) is 24.9 Å². The molecule has 0 radical (unpaired) electrons. The average molecular weight is 350 g/mol. The molecule has 0 spiro atoms. The lowest BCUT2D eigenvalue weighted by Crippen LogP contribution is -2.52. The van der Waals surface area contributed by atoms with Crippen molar-refractivity contribution in [3.8, 4) is 0 Å². The summed E-state index contributed by atoms with van der Waals surface area (Å²) in [4.78, 5) is 19.4. The third-order valence-electron chi connectivity index (χ3n) is 4.64. The van der Waals surface area contributed by atoms with Crippen molar-refractivity contribution < 1.29 is 26.9 Å². The molecule has 3 saturated heterocycles. The van der Waals surface area contributed by atoms with Gasteiger partial charge in [-0.15, -0.1) is 5.06 Å². The summed E-state index contributed by atoms with van der Waals surface area (Å²) in [6.45, 7) is 4.50. The lowest BCUT2D eigenvalue weighted by Gasteiger charge is -2.32. The predicted molar refractivity (Wildman–Crippen MR) is 77.9 cm³/mol. The Hall–Kier alpha value is -0.820. The zero-order valence-corrected chi connectivity index (χ0v) is 13.7. The van der Waals surface area contributed by atoms with Crippen LogP contribution in [0.1, 0.15) is 19.8 Å². The number of carbonyl (C=O) groups is 1. The monoisotopic (exact) mass is 350 g/mol. The molecular formula is C12H22N4O6S. The van der Waals surface area contributed by atoms with E-state index in [0.29, 0.717) is 31.9 Å². The van der Waals surface area contributed by atoms with Crippen LogP contribution in [0.3, 0.4) is 0 Å². The average Bonchev–Trinajstić information content (AvgIpc) is 2.65. The third-order valence-corrected chi connectivity index (χ3v) is 5.00. The van der Waals surface area contributed by atoms with Crippen LogP contribution < -0.4 is 10.8 Å². The van der Waals surface area contributed by atoms with Crippen molar-refractivity contribution >= 4 is 16.3 Å². The van der Waals surface area contributed by atoms with E-state index in [1.54, 1.807) is 6.92 Å². The molecule has 2 unspecified atom stereocenters. The standard InChI is InChI=1S/C12H22N4O6S/c1-8-15-6-10(16(8)22-23(18,19)20)2-3-11(15)12(17)14-21-7-9-4-13-5-9/h8-11,13H,2-7H2,1H3,(H,14,17)(H,18,19,20)/t8?,10-,11-/m0/s1. The first-order valence-corrected chi connectivity index (χ1v) is 9.05. The van der Waals surface area contributed by atoms with Gasteiger partial charge in [0, 0.05) is 25.6 Å². The Kier molecular flexibility index (Phi) is 4.88. The molecule has 23 heavy (non-hydrogen) atoms. The summed E-state index contributed by atoms with van der Waals surface area (Å²) in [7, 11) is -4.57. The summed E-state index contributed by atoms with van der Waals surface area (Å²) in [6, 6.07) is -0.575. The molecule has 0 aromatic rings. The topological polar surface area (TPSA) is 120 Å². The van der Waals surface area contributed by atoms with Gasteiger partial charge in [0.2, 0.25) is 0 Å². The van der Waals surface area contributed by atoms with Gasteiger partial charge in [-0.2, -0.15) is 12.7 Å². The fraction of sp³-hybridized carbons (Fsp3) is 0.917. The van der Waals surface area contributed by atoms with E-state index in [1.165, 1.54) is 5.06 Å². The van der Waals surface area contributed by atoms with Gasteiger partial charge in [-0.05, 0) is 19.8 Å². The maximum Gasteiger partial charge on any atom is 0.413 e. The predicted octanol–water partition coefficient (Wildman–Crippen LogP) is -1.52. The van der Waals surface area contributed by atoms with Crippen molar-refractivity contribution in [3.63, 3.8) is 0 Å².